The van der Waals surface area contributed by atoms with Crippen LogP contribution in [-0.2, 0) is 12.8 Å². The van der Waals surface area contributed by atoms with Gasteiger partial charge in [-0.05, 0) is 103 Å². The first kappa shape index (κ1) is 23.6. The Morgan fingerprint density at radius 3 is 1.95 bits per heavy atom. The quantitative estimate of drug-likeness (QED) is 0.392. The molecule has 1 aromatic heterocycles. The number of amides is 1. The maximum atomic E-state index is 11.4. The van der Waals surface area contributed by atoms with Crippen LogP contribution in [0.3, 0.4) is 0 Å². The molecule has 1 aliphatic carbocycles. The Balaban J connectivity index is 1.07. The molecule has 4 aromatic rings. The van der Waals surface area contributed by atoms with E-state index in [1.807, 2.05) is 12.1 Å². The van der Waals surface area contributed by atoms with Crippen molar-refractivity contribution >= 4 is 5.91 Å². The fourth-order valence-corrected chi connectivity index (χ4v) is 6.17. The minimum atomic E-state index is -0.623. The van der Waals surface area contributed by atoms with E-state index in [-0.39, 0.29) is 5.82 Å². The van der Waals surface area contributed by atoms with Gasteiger partial charge in [-0.15, -0.1) is 5.10 Å². The molecular weight excluding hydrogens is 458 g/mol. The zero-order valence-electron chi connectivity index (χ0n) is 21.2. The van der Waals surface area contributed by atoms with Gasteiger partial charge >= 0.3 is 0 Å². The van der Waals surface area contributed by atoms with Crippen molar-refractivity contribution in [3.63, 3.8) is 0 Å². The molecular formula is C31H33N5O. The van der Waals surface area contributed by atoms with E-state index in [1.165, 1.54) is 60.2 Å². The van der Waals surface area contributed by atoms with Crippen LogP contribution in [0.1, 0.15) is 46.0 Å². The van der Waals surface area contributed by atoms with E-state index in [2.05, 4.69) is 76.1 Å². The summed E-state index contributed by atoms with van der Waals surface area (Å²) in [6.45, 7) is 4.26. The fraction of sp³-hybridized carbons (Fsp3) is 0.323. The molecule has 0 radical (unpaired) electrons. The second-order valence-electron chi connectivity index (χ2n) is 10.7. The van der Waals surface area contributed by atoms with E-state index >= 15 is 0 Å². The first-order valence-corrected chi connectivity index (χ1v) is 13.2. The predicted molar refractivity (Wildman–Crippen MR) is 146 cm³/mol. The summed E-state index contributed by atoms with van der Waals surface area (Å²) < 4.78 is 1.64. The number of aryl methyl sites for hydroxylation is 1. The van der Waals surface area contributed by atoms with Crippen LogP contribution in [0.5, 0.6) is 0 Å². The standard InChI is InChI=1S/C31H33N5O/c1-20-34-31(30(32)37)35-36(20)29-12-6-23(7-13-29)14-21-2-8-25(9-3-21)26-10-4-22(5-11-26)15-24-16-27-18-33-19-28(27)17-24/h2-13,24,27-28,33H,14-19H2,1H3,(H2,32,37)/t24?,27-,28+. The van der Waals surface area contributed by atoms with Crippen LogP contribution in [0, 0.1) is 24.7 Å². The molecule has 3 aromatic carbocycles. The molecule has 2 fully saturated rings. The zero-order chi connectivity index (χ0) is 25.4. The van der Waals surface area contributed by atoms with Crippen LogP contribution >= 0.6 is 0 Å². The molecule has 2 heterocycles. The van der Waals surface area contributed by atoms with Gasteiger partial charge in [-0.25, -0.2) is 9.67 Å². The largest absolute Gasteiger partial charge is 0.363 e. The molecule has 6 nitrogen and oxygen atoms in total. The molecule has 3 atom stereocenters. The number of hydrogen-bond acceptors (Lipinski definition) is 4. The molecule has 0 spiro atoms. The van der Waals surface area contributed by atoms with Gasteiger partial charge in [0.15, 0.2) is 0 Å². The van der Waals surface area contributed by atoms with Gasteiger partial charge in [0.1, 0.15) is 5.82 Å². The molecule has 37 heavy (non-hydrogen) atoms. The number of benzene rings is 3. The first-order valence-electron chi connectivity index (χ1n) is 13.2. The van der Waals surface area contributed by atoms with Crippen molar-refractivity contribution in [2.75, 3.05) is 13.1 Å². The van der Waals surface area contributed by atoms with Crippen LogP contribution in [0.15, 0.2) is 72.8 Å². The highest BCUT2D eigenvalue weighted by Gasteiger charge is 2.36. The van der Waals surface area contributed by atoms with Gasteiger partial charge in [0.25, 0.3) is 5.91 Å². The third-order valence-corrected chi connectivity index (χ3v) is 8.10. The average Bonchev–Trinajstić information content (AvgIpc) is 3.61. The zero-order valence-corrected chi connectivity index (χ0v) is 21.2. The smallest absolute Gasteiger partial charge is 0.288 e. The normalized spacial score (nSPS) is 20.7. The summed E-state index contributed by atoms with van der Waals surface area (Å²) in [5.74, 6) is 2.71. The van der Waals surface area contributed by atoms with E-state index in [9.17, 15) is 4.79 Å². The van der Waals surface area contributed by atoms with Gasteiger partial charge < -0.3 is 11.1 Å². The Bertz CT molecular complexity index is 1380. The van der Waals surface area contributed by atoms with Crippen molar-refractivity contribution in [2.45, 2.75) is 32.6 Å². The van der Waals surface area contributed by atoms with Gasteiger partial charge in [-0.2, -0.15) is 0 Å². The SMILES string of the molecule is Cc1nc(C(N)=O)nn1-c1ccc(Cc2ccc(-c3ccc(CC4C[C@H]5CNC[C@H]5C4)cc3)cc2)cc1. The minimum absolute atomic E-state index is 0.0324. The average molecular weight is 492 g/mol. The van der Waals surface area contributed by atoms with Gasteiger partial charge in [-0.1, -0.05) is 60.7 Å². The highest BCUT2D eigenvalue weighted by Crippen LogP contribution is 2.40. The Labute approximate surface area is 217 Å². The highest BCUT2D eigenvalue weighted by atomic mass is 16.1. The van der Waals surface area contributed by atoms with Crippen LogP contribution in [0.2, 0.25) is 0 Å². The number of primary amides is 1. The van der Waals surface area contributed by atoms with Gasteiger partial charge in [-0.3, -0.25) is 4.79 Å². The van der Waals surface area contributed by atoms with Crippen LogP contribution in [0.4, 0.5) is 0 Å². The summed E-state index contributed by atoms with van der Waals surface area (Å²) in [6, 6.07) is 26.2. The molecule has 3 N–H and O–H groups in total. The molecule has 6 heteroatoms. The number of hydrogen-bond donors (Lipinski definition) is 2. The Kier molecular flexibility index (Phi) is 6.35. The van der Waals surface area contributed by atoms with Crippen molar-refractivity contribution < 1.29 is 4.79 Å². The number of nitrogens with zero attached hydrogens (tertiary/aromatic N) is 3. The monoisotopic (exact) mass is 491 g/mol. The number of carbonyl (C=O) groups is 1. The van der Waals surface area contributed by atoms with E-state index < -0.39 is 5.91 Å². The summed E-state index contributed by atoms with van der Waals surface area (Å²) in [5, 5.41) is 7.75. The second kappa shape index (κ2) is 9.94. The van der Waals surface area contributed by atoms with Crippen molar-refractivity contribution in [1.29, 1.82) is 0 Å². The predicted octanol–water partition coefficient (Wildman–Crippen LogP) is 4.72. The van der Waals surface area contributed by atoms with E-state index in [0.717, 1.165) is 29.9 Å². The summed E-state index contributed by atoms with van der Waals surface area (Å²) in [4.78, 5) is 15.5. The Morgan fingerprint density at radius 2 is 1.41 bits per heavy atom. The highest BCUT2D eigenvalue weighted by molar-refractivity contribution is 5.88. The number of carbonyl (C=O) groups excluding carboxylic acids is 1. The number of aromatic nitrogens is 3. The lowest BCUT2D eigenvalue weighted by atomic mass is 9.94. The lowest BCUT2D eigenvalue weighted by Gasteiger charge is -2.12. The molecule has 1 aliphatic heterocycles. The van der Waals surface area contributed by atoms with Crippen LogP contribution < -0.4 is 11.1 Å². The van der Waals surface area contributed by atoms with E-state index in [0.29, 0.717) is 5.82 Å². The molecule has 1 unspecified atom stereocenters. The number of nitrogens with one attached hydrogen (secondary N) is 1. The maximum Gasteiger partial charge on any atom is 0.288 e. The molecule has 2 aliphatic rings. The van der Waals surface area contributed by atoms with Gasteiger partial charge in [0.2, 0.25) is 5.82 Å². The molecule has 1 saturated carbocycles. The van der Waals surface area contributed by atoms with Crippen LogP contribution in [0.25, 0.3) is 16.8 Å². The Morgan fingerprint density at radius 1 is 0.865 bits per heavy atom. The number of nitrogens with two attached hydrogens (primary N) is 1. The number of fused-ring (bicyclic) bond motifs is 1. The maximum absolute atomic E-state index is 11.4. The third kappa shape index (κ3) is 5.07. The molecule has 0 bridgehead atoms. The Hall–Kier alpha value is -3.77. The molecule has 188 valence electrons. The summed E-state index contributed by atoms with van der Waals surface area (Å²) in [6.07, 6.45) is 4.84. The second-order valence-corrected chi connectivity index (χ2v) is 10.7. The van der Waals surface area contributed by atoms with Crippen LogP contribution in [-0.4, -0.2) is 33.8 Å². The summed E-state index contributed by atoms with van der Waals surface area (Å²) in [5.41, 5.74) is 12.6. The molecule has 6 rings (SSSR count). The molecule has 1 amide bonds. The van der Waals surface area contributed by atoms with E-state index in [4.69, 9.17) is 5.73 Å². The fourth-order valence-electron chi connectivity index (χ4n) is 6.17. The minimum Gasteiger partial charge on any atom is -0.363 e. The first-order chi connectivity index (χ1) is 18.0. The van der Waals surface area contributed by atoms with Crippen molar-refractivity contribution in [3.8, 4) is 16.8 Å². The summed E-state index contributed by atoms with van der Waals surface area (Å²) >= 11 is 0. The lowest BCUT2D eigenvalue weighted by molar-refractivity contribution is 0.0990. The summed E-state index contributed by atoms with van der Waals surface area (Å²) in [7, 11) is 0. The topological polar surface area (TPSA) is 85.8 Å². The van der Waals surface area contributed by atoms with Crippen molar-refractivity contribution in [2.24, 2.45) is 23.5 Å². The third-order valence-electron chi connectivity index (χ3n) is 8.10. The van der Waals surface area contributed by atoms with Crippen molar-refractivity contribution in [3.05, 3.63) is 101 Å². The lowest BCUT2D eigenvalue weighted by Crippen LogP contribution is -2.13. The van der Waals surface area contributed by atoms with Gasteiger partial charge in [0.05, 0.1) is 5.69 Å². The molecule has 1 saturated heterocycles. The van der Waals surface area contributed by atoms with E-state index in [1.54, 1.807) is 11.6 Å². The van der Waals surface area contributed by atoms with Gasteiger partial charge in [0, 0.05) is 0 Å². The number of rotatable bonds is 7. The van der Waals surface area contributed by atoms with Crippen molar-refractivity contribution in [1.82, 2.24) is 20.1 Å².